The maximum Gasteiger partial charge on any atom is 0.0702 e. The molecule has 0 spiro atoms. The molecule has 0 aliphatic heterocycles. The van der Waals surface area contributed by atoms with Gasteiger partial charge < -0.3 is 5.32 Å². The van der Waals surface area contributed by atoms with Crippen molar-refractivity contribution in [3.8, 4) is 0 Å². The Kier molecular flexibility index (Phi) is 2.77. The SMILES string of the molecule is c1cnc2ccc(C3CCC3CNC3CC3)cc2c1. The Labute approximate surface area is 114 Å². The number of hydrogen-bond acceptors (Lipinski definition) is 2. The van der Waals surface area contributed by atoms with Gasteiger partial charge in [0.15, 0.2) is 0 Å². The van der Waals surface area contributed by atoms with E-state index in [1.165, 1.54) is 43.2 Å². The van der Waals surface area contributed by atoms with E-state index in [-0.39, 0.29) is 0 Å². The molecule has 0 saturated heterocycles. The molecule has 2 saturated carbocycles. The molecule has 19 heavy (non-hydrogen) atoms. The Morgan fingerprint density at radius 1 is 1.11 bits per heavy atom. The van der Waals surface area contributed by atoms with Crippen LogP contribution < -0.4 is 5.32 Å². The number of hydrogen-bond donors (Lipinski definition) is 1. The fraction of sp³-hybridized carbons (Fsp3) is 0.471. The normalized spacial score (nSPS) is 26.3. The van der Waals surface area contributed by atoms with Gasteiger partial charge in [-0.25, -0.2) is 0 Å². The lowest BCUT2D eigenvalue weighted by Crippen LogP contribution is -2.34. The van der Waals surface area contributed by atoms with Crippen molar-refractivity contribution in [2.45, 2.75) is 37.6 Å². The Morgan fingerprint density at radius 2 is 2.05 bits per heavy atom. The molecule has 4 rings (SSSR count). The fourth-order valence-corrected chi connectivity index (χ4v) is 3.18. The van der Waals surface area contributed by atoms with Crippen molar-refractivity contribution < 1.29 is 0 Å². The van der Waals surface area contributed by atoms with Crippen LogP contribution in [0.1, 0.15) is 37.2 Å². The number of rotatable bonds is 4. The molecule has 0 bridgehead atoms. The van der Waals surface area contributed by atoms with Gasteiger partial charge in [-0.2, -0.15) is 0 Å². The second-order valence-electron chi connectivity index (χ2n) is 6.08. The average molecular weight is 252 g/mol. The fourth-order valence-electron chi connectivity index (χ4n) is 3.18. The average Bonchev–Trinajstić information content (AvgIpc) is 3.22. The molecule has 2 unspecified atom stereocenters. The smallest absolute Gasteiger partial charge is 0.0702 e. The molecule has 1 N–H and O–H groups in total. The summed E-state index contributed by atoms with van der Waals surface area (Å²) in [6.45, 7) is 1.21. The van der Waals surface area contributed by atoms with Crippen LogP contribution in [-0.4, -0.2) is 17.6 Å². The van der Waals surface area contributed by atoms with Crippen LogP contribution >= 0.6 is 0 Å². The highest BCUT2D eigenvalue weighted by Crippen LogP contribution is 2.43. The largest absolute Gasteiger partial charge is 0.314 e. The van der Waals surface area contributed by atoms with Crippen molar-refractivity contribution in [1.29, 1.82) is 0 Å². The Hall–Kier alpha value is -1.41. The van der Waals surface area contributed by atoms with Crippen LogP contribution in [0.4, 0.5) is 0 Å². The first-order valence-corrected chi connectivity index (χ1v) is 7.48. The monoisotopic (exact) mass is 252 g/mol. The highest BCUT2D eigenvalue weighted by Gasteiger charge is 2.33. The minimum atomic E-state index is 0.760. The van der Waals surface area contributed by atoms with Gasteiger partial charge in [-0.1, -0.05) is 12.1 Å². The zero-order chi connectivity index (χ0) is 12.7. The second-order valence-corrected chi connectivity index (χ2v) is 6.08. The second kappa shape index (κ2) is 4.61. The first-order chi connectivity index (χ1) is 9.40. The van der Waals surface area contributed by atoms with E-state index in [4.69, 9.17) is 0 Å². The van der Waals surface area contributed by atoms with Gasteiger partial charge in [0.2, 0.25) is 0 Å². The summed E-state index contributed by atoms with van der Waals surface area (Å²) in [4.78, 5) is 4.40. The Morgan fingerprint density at radius 3 is 2.84 bits per heavy atom. The highest BCUT2D eigenvalue weighted by molar-refractivity contribution is 5.79. The summed E-state index contributed by atoms with van der Waals surface area (Å²) in [7, 11) is 0. The molecule has 1 aromatic carbocycles. The summed E-state index contributed by atoms with van der Waals surface area (Å²) in [5.41, 5.74) is 2.62. The number of nitrogens with zero attached hydrogens (tertiary/aromatic N) is 1. The Bertz CT molecular complexity index is 589. The molecule has 2 aliphatic carbocycles. The van der Waals surface area contributed by atoms with E-state index < -0.39 is 0 Å². The molecule has 2 nitrogen and oxygen atoms in total. The van der Waals surface area contributed by atoms with Crippen LogP contribution in [-0.2, 0) is 0 Å². The summed E-state index contributed by atoms with van der Waals surface area (Å²) in [6.07, 6.45) is 7.38. The molecule has 1 heterocycles. The van der Waals surface area contributed by atoms with E-state index in [0.717, 1.165) is 23.4 Å². The van der Waals surface area contributed by atoms with Gasteiger partial charge in [-0.3, -0.25) is 4.98 Å². The van der Waals surface area contributed by atoms with Gasteiger partial charge in [-0.05, 0) is 67.8 Å². The summed E-state index contributed by atoms with van der Waals surface area (Å²) >= 11 is 0. The van der Waals surface area contributed by atoms with E-state index in [1.54, 1.807) is 0 Å². The van der Waals surface area contributed by atoms with Gasteiger partial charge in [-0.15, -0.1) is 0 Å². The third kappa shape index (κ3) is 2.25. The lowest BCUT2D eigenvalue weighted by atomic mass is 9.70. The number of benzene rings is 1. The number of nitrogens with one attached hydrogen (secondary N) is 1. The van der Waals surface area contributed by atoms with Gasteiger partial charge in [0.05, 0.1) is 5.52 Å². The van der Waals surface area contributed by atoms with Crippen molar-refractivity contribution in [3.63, 3.8) is 0 Å². The van der Waals surface area contributed by atoms with Crippen molar-refractivity contribution in [3.05, 3.63) is 42.1 Å². The standard InChI is InChI=1S/C17H20N2/c1-2-13-10-12(4-8-17(13)18-9-1)16-7-3-14(16)11-19-15-5-6-15/h1-2,4,8-10,14-16,19H,3,5-7,11H2. The molecule has 0 radical (unpaired) electrons. The summed E-state index contributed by atoms with van der Waals surface area (Å²) < 4.78 is 0. The molecule has 2 fully saturated rings. The summed E-state index contributed by atoms with van der Waals surface area (Å²) in [5.74, 6) is 1.60. The molecule has 98 valence electrons. The van der Waals surface area contributed by atoms with Crippen molar-refractivity contribution in [2.24, 2.45) is 5.92 Å². The van der Waals surface area contributed by atoms with Crippen LogP contribution in [0.15, 0.2) is 36.5 Å². The van der Waals surface area contributed by atoms with Crippen LogP contribution in [0, 0.1) is 5.92 Å². The van der Waals surface area contributed by atoms with E-state index in [9.17, 15) is 0 Å². The van der Waals surface area contributed by atoms with Crippen molar-refractivity contribution in [1.82, 2.24) is 10.3 Å². The number of pyridine rings is 1. The van der Waals surface area contributed by atoms with E-state index in [0.29, 0.717) is 0 Å². The summed E-state index contributed by atoms with van der Waals surface area (Å²) in [5, 5.41) is 4.96. The van der Waals surface area contributed by atoms with Gasteiger partial charge >= 0.3 is 0 Å². The molecule has 2 atom stereocenters. The first-order valence-electron chi connectivity index (χ1n) is 7.48. The zero-order valence-electron chi connectivity index (χ0n) is 11.2. The molecule has 2 aliphatic rings. The summed E-state index contributed by atoms with van der Waals surface area (Å²) in [6, 6.07) is 11.8. The van der Waals surface area contributed by atoms with E-state index in [2.05, 4.69) is 34.6 Å². The third-order valence-corrected chi connectivity index (χ3v) is 4.72. The topological polar surface area (TPSA) is 24.9 Å². The molecule has 2 aromatic rings. The van der Waals surface area contributed by atoms with Crippen LogP contribution in [0.3, 0.4) is 0 Å². The minimum Gasteiger partial charge on any atom is -0.314 e. The molecular weight excluding hydrogens is 232 g/mol. The highest BCUT2D eigenvalue weighted by atomic mass is 14.9. The molecule has 1 aromatic heterocycles. The quantitative estimate of drug-likeness (QED) is 0.901. The van der Waals surface area contributed by atoms with Crippen molar-refractivity contribution in [2.75, 3.05) is 6.54 Å². The predicted octanol–water partition coefficient (Wildman–Crippen LogP) is 3.48. The Balaban J connectivity index is 1.52. The van der Waals surface area contributed by atoms with Gasteiger partial charge in [0, 0.05) is 17.6 Å². The number of aromatic nitrogens is 1. The molecular formula is C17H20N2. The third-order valence-electron chi connectivity index (χ3n) is 4.72. The van der Waals surface area contributed by atoms with Crippen LogP contribution in [0.2, 0.25) is 0 Å². The number of fused-ring (bicyclic) bond motifs is 1. The molecule has 2 heteroatoms. The maximum atomic E-state index is 4.40. The van der Waals surface area contributed by atoms with E-state index in [1.807, 2.05) is 12.3 Å². The zero-order valence-corrected chi connectivity index (χ0v) is 11.2. The lowest BCUT2D eigenvalue weighted by Gasteiger charge is -2.37. The minimum absolute atomic E-state index is 0.760. The first kappa shape index (κ1) is 11.4. The van der Waals surface area contributed by atoms with Crippen LogP contribution in [0.25, 0.3) is 10.9 Å². The lowest BCUT2D eigenvalue weighted by molar-refractivity contribution is 0.245. The van der Waals surface area contributed by atoms with Gasteiger partial charge in [0.25, 0.3) is 0 Å². The van der Waals surface area contributed by atoms with Crippen LogP contribution in [0.5, 0.6) is 0 Å². The predicted molar refractivity (Wildman–Crippen MR) is 78.2 cm³/mol. The molecule has 0 amide bonds. The van der Waals surface area contributed by atoms with E-state index >= 15 is 0 Å². The maximum absolute atomic E-state index is 4.40. The van der Waals surface area contributed by atoms with Crippen molar-refractivity contribution >= 4 is 10.9 Å². The van der Waals surface area contributed by atoms with Gasteiger partial charge in [0.1, 0.15) is 0 Å².